The molecular weight excluding hydrogens is 164 g/mol. The van der Waals surface area contributed by atoms with Crippen molar-refractivity contribution < 1.29 is 9.90 Å². The van der Waals surface area contributed by atoms with Crippen LogP contribution in [0.1, 0.15) is 40.0 Å². The second-order valence-electron chi connectivity index (χ2n) is 5.85. The average molecular weight is 182 g/mol. The van der Waals surface area contributed by atoms with Gasteiger partial charge in [-0.25, -0.2) is 0 Å². The summed E-state index contributed by atoms with van der Waals surface area (Å²) < 4.78 is 0. The third kappa shape index (κ3) is 1.11. The molecule has 0 aromatic carbocycles. The van der Waals surface area contributed by atoms with E-state index in [-0.39, 0.29) is 11.3 Å². The molecule has 74 valence electrons. The first-order chi connectivity index (χ1) is 5.85. The molecule has 13 heavy (non-hydrogen) atoms. The van der Waals surface area contributed by atoms with E-state index in [1.165, 1.54) is 0 Å². The number of hydrogen-bond acceptors (Lipinski definition) is 1. The molecule has 3 atom stereocenters. The lowest BCUT2D eigenvalue weighted by Gasteiger charge is -2.36. The van der Waals surface area contributed by atoms with E-state index < -0.39 is 5.97 Å². The van der Waals surface area contributed by atoms with E-state index >= 15 is 0 Å². The van der Waals surface area contributed by atoms with Gasteiger partial charge in [0, 0.05) is 0 Å². The molecule has 2 saturated carbocycles. The largest absolute Gasteiger partial charge is 0.481 e. The molecule has 2 fully saturated rings. The third-order valence-electron chi connectivity index (χ3n) is 4.34. The topological polar surface area (TPSA) is 37.3 Å². The van der Waals surface area contributed by atoms with Crippen LogP contribution in [0.15, 0.2) is 0 Å². The predicted molar refractivity (Wildman–Crippen MR) is 50.4 cm³/mol. The molecule has 0 spiro atoms. The first-order valence-electron chi connectivity index (χ1n) is 5.08. The van der Waals surface area contributed by atoms with Crippen LogP contribution in [0, 0.1) is 22.7 Å². The van der Waals surface area contributed by atoms with Crippen molar-refractivity contribution >= 4 is 5.97 Å². The van der Waals surface area contributed by atoms with Crippen LogP contribution >= 0.6 is 0 Å². The maximum absolute atomic E-state index is 11.0. The zero-order valence-corrected chi connectivity index (χ0v) is 8.63. The Morgan fingerprint density at radius 1 is 1.38 bits per heavy atom. The van der Waals surface area contributed by atoms with Gasteiger partial charge in [0.05, 0.1) is 5.92 Å². The Morgan fingerprint density at radius 2 is 2.00 bits per heavy atom. The van der Waals surface area contributed by atoms with Gasteiger partial charge in [-0.1, -0.05) is 20.8 Å². The molecular formula is C11H18O2. The monoisotopic (exact) mass is 182 g/mol. The summed E-state index contributed by atoms with van der Waals surface area (Å²) in [6.45, 7) is 6.71. The van der Waals surface area contributed by atoms with Gasteiger partial charge in [-0.05, 0) is 36.0 Å². The normalized spacial score (nSPS) is 46.7. The van der Waals surface area contributed by atoms with E-state index in [4.69, 9.17) is 5.11 Å². The van der Waals surface area contributed by atoms with E-state index in [9.17, 15) is 4.79 Å². The van der Waals surface area contributed by atoms with Gasteiger partial charge in [-0.2, -0.15) is 0 Å². The summed E-state index contributed by atoms with van der Waals surface area (Å²) >= 11 is 0. The highest BCUT2D eigenvalue weighted by atomic mass is 16.4. The predicted octanol–water partition coefficient (Wildman–Crippen LogP) is 2.53. The first-order valence-corrected chi connectivity index (χ1v) is 5.08. The fourth-order valence-electron chi connectivity index (χ4n) is 3.73. The molecule has 0 aliphatic heterocycles. The van der Waals surface area contributed by atoms with Crippen molar-refractivity contribution in [3.63, 3.8) is 0 Å². The highest BCUT2D eigenvalue weighted by Gasteiger charge is 2.59. The maximum Gasteiger partial charge on any atom is 0.307 e. The van der Waals surface area contributed by atoms with Crippen molar-refractivity contribution in [2.24, 2.45) is 22.7 Å². The summed E-state index contributed by atoms with van der Waals surface area (Å²) in [5.74, 6) is -0.0235. The lowest BCUT2D eigenvalue weighted by Crippen LogP contribution is -2.34. The van der Waals surface area contributed by atoms with Crippen molar-refractivity contribution in [1.29, 1.82) is 0 Å². The highest BCUT2D eigenvalue weighted by Crippen LogP contribution is 2.64. The van der Waals surface area contributed by atoms with Crippen LogP contribution in [0.5, 0.6) is 0 Å². The molecule has 2 aliphatic rings. The second kappa shape index (κ2) is 2.28. The summed E-state index contributed by atoms with van der Waals surface area (Å²) in [6, 6.07) is 0. The maximum atomic E-state index is 11.0. The lowest BCUT2D eigenvalue weighted by atomic mass is 9.67. The molecule has 0 aromatic rings. The molecule has 2 nitrogen and oxygen atoms in total. The number of carboxylic acids is 1. The van der Waals surface area contributed by atoms with E-state index in [2.05, 4.69) is 20.8 Å². The Labute approximate surface area is 79.3 Å². The summed E-state index contributed by atoms with van der Waals surface area (Å²) in [7, 11) is 0. The molecule has 2 aliphatic carbocycles. The zero-order chi connectivity index (χ0) is 9.85. The molecule has 0 saturated heterocycles. The molecule has 0 unspecified atom stereocenters. The Bertz CT molecular complexity index is 257. The minimum absolute atomic E-state index is 0.0782. The molecule has 2 rings (SSSR count). The zero-order valence-electron chi connectivity index (χ0n) is 8.63. The third-order valence-corrected chi connectivity index (χ3v) is 4.34. The van der Waals surface area contributed by atoms with E-state index in [0.717, 1.165) is 19.3 Å². The summed E-state index contributed by atoms with van der Waals surface area (Å²) in [5, 5.41) is 9.07. The molecule has 0 heterocycles. The Balaban J connectivity index is 2.26. The van der Waals surface area contributed by atoms with E-state index in [1.807, 2.05) is 0 Å². The number of carboxylic acid groups (broad SMARTS) is 1. The fraction of sp³-hybridized carbons (Fsp3) is 0.909. The van der Waals surface area contributed by atoms with Crippen LogP contribution in [-0.4, -0.2) is 11.1 Å². The van der Waals surface area contributed by atoms with E-state index in [0.29, 0.717) is 11.3 Å². The Kier molecular flexibility index (Phi) is 1.59. The standard InChI is InChI=1S/C11H18O2/c1-10(2)6-11(3)5-7(10)4-8(11)9(12)13/h7-8H,4-6H2,1-3H3,(H,12,13)/t7-,8-,11-/m0/s1. The molecule has 2 heteroatoms. The molecule has 2 bridgehead atoms. The first kappa shape index (κ1) is 9.04. The van der Waals surface area contributed by atoms with Gasteiger partial charge < -0.3 is 5.11 Å². The van der Waals surface area contributed by atoms with Gasteiger partial charge in [-0.15, -0.1) is 0 Å². The van der Waals surface area contributed by atoms with Crippen molar-refractivity contribution in [3.05, 3.63) is 0 Å². The van der Waals surface area contributed by atoms with Crippen molar-refractivity contribution in [2.45, 2.75) is 40.0 Å². The quantitative estimate of drug-likeness (QED) is 0.676. The van der Waals surface area contributed by atoms with Gasteiger partial charge in [0.25, 0.3) is 0 Å². The Hall–Kier alpha value is -0.530. The summed E-state index contributed by atoms with van der Waals surface area (Å²) in [6.07, 6.45) is 3.11. The molecule has 1 N–H and O–H groups in total. The van der Waals surface area contributed by atoms with Crippen molar-refractivity contribution in [1.82, 2.24) is 0 Å². The van der Waals surface area contributed by atoms with Crippen LogP contribution < -0.4 is 0 Å². The van der Waals surface area contributed by atoms with Crippen molar-refractivity contribution in [2.75, 3.05) is 0 Å². The van der Waals surface area contributed by atoms with Gasteiger partial charge in [0.15, 0.2) is 0 Å². The van der Waals surface area contributed by atoms with Gasteiger partial charge in [0.2, 0.25) is 0 Å². The number of fused-ring (bicyclic) bond motifs is 2. The van der Waals surface area contributed by atoms with Crippen LogP contribution in [0.2, 0.25) is 0 Å². The minimum atomic E-state index is -0.583. The average Bonchev–Trinajstić information content (AvgIpc) is 2.34. The van der Waals surface area contributed by atoms with E-state index in [1.54, 1.807) is 0 Å². The summed E-state index contributed by atoms with van der Waals surface area (Å²) in [5.41, 5.74) is 0.459. The van der Waals surface area contributed by atoms with Crippen LogP contribution in [0.4, 0.5) is 0 Å². The number of hydrogen-bond donors (Lipinski definition) is 1. The SMILES string of the molecule is CC1(C)C[C@]2(C)C[C@@H]1C[C@H]2C(=O)O. The fourth-order valence-corrected chi connectivity index (χ4v) is 3.73. The van der Waals surface area contributed by atoms with Crippen LogP contribution in [0.25, 0.3) is 0 Å². The smallest absolute Gasteiger partial charge is 0.307 e. The lowest BCUT2D eigenvalue weighted by molar-refractivity contribution is -0.146. The van der Waals surface area contributed by atoms with Gasteiger partial charge in [-0.3, -0.25) is 4.79 Å². The van der Waals surface area contributed by atoms with Crippen LogP contribution in [0.3, 0.4) is 0 Å². The van der Waals surface area contributed by atoms with Gasteiger partial charge in [0.1, 0.15) is 0 Å². The minimum Gasteiger partial charge on any atom is -0.481 e. The van der Waals surface area contributed by atoms with Crippen LogP contribution in [-0.2, 0) is 4.79 Å². The molecule has 0 amide bonds. The molecule has 0 radical (unpaired) electrons. The molecule has 0 aromatic heterocycles. The Morgan fingerprint density at radius 3 is 2.31 bits per heavy atom. The number of carbonyl (C=O) groups is 1. The number of aliphatic carboxylic acids is 1. The number of rotatable bonds is 1. The summed E-state index contributed by atoms with van der Waals surface area (Å²) in [4.78, 5) is 11.0. The van der Waals surface area contributed by atoms with Gasteiger partial charge >= 0.3 is 5.97 Å². The second-order valence-corrected chi connectivity index (χ2v) is 5.85. The highest BCUT2D eigenvalue weighted by molar-refractivity contribution is 5.72. The van der Waals surface area contributed by atoms with Crippen molar-refractivity contribution in [3.8, 4) is 0 Å².